The molecule has 0 radical (unpaired) electrons. The Labute approximate surface area is 85.3 Å². The van der Waals surface area contributed by atoms with E-state index < -0.39 is 18.6 Å². The number of benzene rings is 1. The highest BCUT2D eigenvalue weighted by molar-refractivity contribution is 5.53. The van der Waals surface area contributed by atoms with E-state index in [9.17, 15) is 13.2 Å². The summed E-state index contributed by atoms with van der Waals surface area (Å²) in [7, 11) is 0. The highest BCUT2D eigenvalue weighted by atomic mass is 19.4. The quantitative estimate of drug-likeness (QED) is 0.643. The molecule has 0 aliphatic rings. The van der Waals surface area contributed by atoms with Gasteiger partial charge in [-0.05, 0) is 31.5 Å². The lowest BCUT2D eigenvalue weighted by molar-refractivity contribution is -0.137. The van der Waals surface area contributed by atoms with Gasteiger partial charge in [0.15, 0.2) is 0 Å². The molecule has 0 unspecified atom stereocenters. The molecule has 3 heteroatoms. The molecule has 0 aliphatic heterocycles. The van der Waals surface area contributed by atoms with Crippen molar-refractivity contribution in [2.45, 2.75) is 20.0 Å². The van der Waals surface area contributed by atoms with Gasteiger partial charge in [0.05, 0.1) is 5.56 Å². The molecule has 0 N–H and O–H groups in total. The zero-order valence-electron chi connectivity index (χ0n) is 10.5. The third-order valence-corrected chi connectivity index (χ3v) is 1.60. The molecule has 0 aromatic heterocycles. The Morgan fingerprint density at radius 1 is 1.43 bits per heavy atom. The van der Waals surface area contributed by atoms with E-state index in [1.165, 1.54) is 25.1 Å². The third-order valence-electron chi connectivity index (χ3n) is 1.60. The molecule has 0 aliphatic carbocycles. The fourth-order valence-corrected chi connectivity index (χ4v) is 1.05. The van der Waals surface area contributed by atoms with Gasteiger partial charge in [-0.25, -0.2) is 0 Å². The first-order chi connectivity index (χ1) is 7.60. The van der Waals surface area contributed by atoms with Crippen molar-refractivity contribution in [1.29, 1.82) is 0 Å². The molecule has 0 spiro atoms. The molecular formula is C11H11F3. The maximum atomic E-state index is 12.4. The van der Waals surface area contributed by atoms with Crippen LogP contribution in [0.3, 0.4) is 0 Å². The van der Waals surface area contributed by atoms with Crippen LogP contribution >= 0.6 is 0 Å². The standard InChI is InChI=1S/C11H11F3/c1-8(2)6-9-4-3-5-10(7-9)11(12,13)14/h3-7H,1-2H3/i1D3/b8-6-. The normalized spacial score (nSPS) is 17.1. The second kappa shape index (κ2) is 3.86. The predicted molar refractivity (Wildman–Crippen MR) is 50.8 cm³/mol. The average molecular weight is 203 g/mol. The van der Waals surface area contributed by atoms with Gasteiger partial charge in [-0.15, -0.1) is 0 Å². The van der Waals surface area contributed by atoms with E-state index in [2.05, 4.69) is 0 Å². The van der Waals surface area contributed by atoms with Crippen LogP contribution in [0.15, 0.2) is 29.8 Å². The summed E-state index contributed by atoms with van der Waals surface area (Å²) in [5.74, 6) is 0. The van der Waals surface area contributed by atoms with Gasteiger partial charge in [0, 0.05) is 4.11 Å². The van der Waals surface area contributed by atoms with Crippen LogP contribution in [0.5, 0.6) is 0 Å². The van der Waals surface area contributed by atoms with Crippen molar-refractivity contribution < 1.29 is 17.3 Å². The van der Waals surface area contributed by atoms with E-state index in [0.717, 1.165) is 12.1 Å². The third kappa shape index (κ3) is 2.91. The SMILES string of the molecule is [2H]C([2H])([2H])/C(C)=C/c1cccc(C(F)(F)F)c1. The van der Waals surface area contributed by atoms with Crippen LogP contribution in [0.4, 0.5) is 13.2 Å². The lowest BCUT2D eigenvalue weighted by Crippen LogP contribution is -2.04. The molecule has 0 saturated heterocycles. The van der Waals surface area contributed by atoms with Crippen LogP contribution in [0, 0.1) is 0 Å². The van der Waals surface area contributed by atoms with E-state index in [1.54, 1.807) is 0 Å². The van der Waals surface area contributed by atoms with Crippen LogP contribution in [0.25, 0.3) is 6.08 Å². The Bertz CT molecular complexity index is 430. The summed E-state index contributed by atoms with van der Waals surface area (Å²) in [5, 5.41) is 0. The summed E-state index contributed by atoms with van der Waals surface area (Å²) < 4.78 is 58.5. The number of halogens is 3. The number of alkyl halides is 3. The number of rotatable bonds is 1. The lowest BCUT2D eigenvalue weighted by Gasteiger charge is -2.06. The van der Waals surface area contributed by atoms with Crippen molar-refractivity contribution in [3.05, 3.63) is 41.0 Å². The molecule has 0 atom stereocenters. The summed E-state index contributed by atoms with van der Waals surface area (Å²) in [6.45, 7) is -0.915. The minimum Gasteiger partial charge on any atom is -0.166 e. The van der Waals surface area contributed by atoms with Crippen molar-refractivity contribution in [2.75, 3.05) is 0 Å². The summed E-state index contributed by atoms with van der Waals surface area (Å²) in [4.78, 5) is 0. The second-order valence-electron chi connectivity index (χ2n) is 2.95. The molecule has 0 heterocycles. The molecule has 76 valence electrons. The van der Waals surface area contributed by atoms with Crippen LogP contribution in [0.1, 0.15) is 29.0 Å². The van der Waals surface area contributed by atoms with Gasteiger partial charge in [0.25, 0.3) is 0 Å². The van der Waals surface area contributed by atoms with Gasteiger partial charge in [-0.3, -0.25) is 0 Å². The Morgan fingerprint density at radius 3 is 2.71 bits per heavy atom. The van der Waals surface area contributed by atoms with Crippen molar-refractivity contribution in [3.8, 4) is 0 Å². The predicted octanol–water partition coefficient (Wildman–Crippen LogP) is 4.13. The first-order valence-corrected chi connectivity index (χ1v) is 3.97. The minimum atomic E-state index is -4.42. The maximum absolute atomic E-state index is 12.4. The molecule has 0 fully saturated rings. The number of allylic oxidation sites excluding steroid dienone is 1. The molecule has 1 aromatic carbocycles. The lowest BCUT2D eigenvalue weighted by atomic mass is 10.1. The summed E-state index contributed by atoms with van der Waals surface area (Å²) in [6.07, 6.45) is -3.18. The minimum absolute atomic E-state index is 0.0526. The topological polar surface area (TPSA) is 0 Å². The molecule has 0 nitrogen and oxygen atoms in total. The van der Waals surface area contributed by atoms with Crippen molar-refractivity contribution >= 4 is 6.08 Å². The second-order valence-corrected chi connectivity index (χ2v) is 2.95. The molecule has 1 rings (SSSR count). The van der Waals surface area contributed by atoms with Crippen molar-refractivity contribution in [3.63, 3.8) is 0 Å². The van der Waals surface area contributed by atoms with Gasteiger partial charge in [0.1, 0.15) is 0 Å². The highest BCUT2D eigenvalue weighted by Crippen LogP contribution is 2.29. The van der Waals surface area contributed by atoms with E-state index >= 15 is 0 Å². The summed E-state index contributed by atoms with van der Waals surface area (Å²) in [6, 6.07) is 4.56. The summed E-state index contributed by atoms with van der Waals surface area (Å²) in [5.41, 5.74) is -0.505. The summed E-state index contributed by atoms with van der Waals surface area (Å²) >= 11 is 0. The Balaban J connectivity index is 3.10. The zero-order valence-corrected chi connectivity index (χ0v) is 7.52. The van der Waals surface area contributed by atoms with Gasteiger partial charge >= 0.3 is 6.18 Å². The highest BCUT2D eigenvalue weighted by Gasteiger charge is 2.30. The molecule has 0 bridgehead atoms. The maximum Gasteiger partial charge on any atom is 0.416 e. The number of hydrogen-bond donors (Lipinski definition) is 0. The monoisotopic (exact) mass is 203 g/mol. The zero-order chi connectivity index (χ0) is 13.3. The molecule has 0 saturated carbocycles. The van der Waals surface area contributed by atoms with Gasteiger partial charge in [-0.1, -0.05) is 23.8 Å². The fraction of sp³-hybridized carbons (Fsp3) is 0.273. The largest absolute Gasteiger partial charge is 0.416 e. The van der Waals surface area contributed by atoms with Crippen LogP contribution < -0.4 is 0 Å². The first kappa shape index (κ1) is 7.10. The van der Waals surface area contributed by atoms with Gasteiger partial charge in [-0.2, -0.15) is 13.2 Å². The molecule has 14 heavy (non-hydrogen) atoms. The molecule has 1 aromatic rings. The van der Waals surface area contributed by atoms with Crippen LogP contribution in [-0.2, 0) is 6.18 Å². The first-order valence-electron chi connectivity index (χ1n) is 5.47. The fourth-order valence-electron chi connectivity index (χ4n) is 1.05. The average Bonchev–Trinajstić information content (AvgIpc) is 2.15. The van der Waals surface area contributed by atoms with Gasteiger partial charge < -0.3 is 0 Å². The Kier molecular flexibility index (Phi) is 1.96. The van der Waals surface area contributed by atoms with Crippen molar-refractivity contribution in [2.24, 2.45) is 0 Å². The van der Waals surface area contributed by atoms with Crippen molar-refractivity contribution in [1.82, 2.24) is 0 Å². The molecular weight excluding hydrogens is 189 g/mol. The Morgan fingerprint density at radius 2 is 2.14 bits per heavy atom. The number of hydrogen-bond acceptors (Lipinski definition) is 0. The smallest absolute Gasteiger partial charge is 0.166 e. The van der Waals surface area contributed by atoms with E-state index in [1.807, 2.05) is 0 Å². The van der Waals surface area contributed by atoms with Crippen LogP contribution in [0.2, 0.25) is 0 Å². The van der Waals surface area contributed by atoms with Gasteiger partial charge in [0.2, 0.25) is 0 Å². The molecule has 0 amide bonds. The van der Waals surface area contributed by atoms with E-state index in [-0.39, 0.29) is 11.1 Å². The van der Waals surface area contributed by atoms with E-state index in [0.29, 0.717) is 0 Å². The van der Waals surface area contributed by atoms with E-state index in [4.69, 9.17) is 4.11 Å². The Hall–Kier alpha value is -1.25. The van der Waals surface area contributed by atoms with Crippen LogP contribution in [-0.4, -0.2) is 0 Å².